The molecular weight excluding hydrogens is 1040 g/mol. The van der Waals surface area contributed by atoms with E-state index in [1.165, 1.54) is 57.8 Å². The van der Waals surface area contributed by atoms with E-state index in [4.69, 9.17) is 37.5 Å². The Labute approximate surface area is 454 Å². The number of carbonyl (C=O) groups excluding carboxylic acids is 2. The minimum atomic E-state index is -5.63. The van der Waals surface area contributed by atoms with Crippen LogP contribution in [0.15, 0.2) is 12.2 Å². The van der Waals surface area contributed by atoms with Crippen LogP contribution in [0.1, 0.15) is 181 Å². The van der Waals surface area contributed by atoms with Crippen molar-refractivity contribution in [2.24, 2.45) is 0 Å². The Bertz CT molecular complexity index is 1590. The van der Waals surface area contributed by atoms with Crippen molar-refractivity contribution in [3.8, 4) is 0 Å². The van der Waals surface area contributed by atoms with Crippen LogP contribution in [0.2, 0.25) is 0 Å². The lowest BCUT2D eigenvalue weighted by Gasteiger charge is -2.49. The number of ether oxygens (including phenoxy) is 6. The molecule has 0 bridgehead atoms. The van der Waals surface area contributed by atoms with Crippen molar-refractivity contribution in [2.75, 3.05) is 26.4 Å². The third kappa shape index (κ3) is 25.1. The lowest BCUT2D eigenvalue weighted by molar-refractivity contribution is -0.360. The summed E-state index contributed by atoms with van der Waals surface area (Å²) in [5, 5.41) is 116. The summed E-state index contributed by atoms with van der Waals surface area (Å²) in [5.74, 6) is -1.34. The Morgan fingerprint density at radius 1 is 0.481 bits per heavy atom. The summed E-state index contributed by atoms with van der Waals surface area (Å²) in [6.45, 7) is 0.970. The quantitative estimate of drug-likeness (QED) is 0.0181. The number of allylic oxidation sites excluding steroid dienone is 2. The van der Waals surface area contributed by atoms with E-state index in [1.54, 1.807) is 0 Å². The number of carbonyl (C=O) groups is 2. The van der Waals surface area contributed by atoms with Gasteiger partial charge in [-0.1, -0.05) is 142 Å². The van der Waals surface area contributed by atoms with Crippen molar-refractivity contribution < 1.29 is 113 Å². The summed E-state index contributed by atoms with van der Waals surface area (Å²) in [6, 6.07) is 0. The molecule has 1 saturated carbocycles. The maximum absolute atomic E-state index is 14.0. The molecule has 0 amide bonds. The summed E-state index contributed by atoms with van der Waals surface area (Å²) < 4.78 is 58.0. The molecule has 3 fully saturated rings. The first-order valence-corrected chi connectivity index (χ1v) is 30.0. The van der Waals surface area contributed by atoms with Crippen LogP contribution in [-0.2, 0) is 51.6 Å². The molecule has 0 aromatic carbocycles. The first-order valence-electron chi connectivity index (χ1n) is 28.5. The lowest BCUT2D eigenvalue weighted by atomic mass is 9.84. The van der Waals surface area contributed by atoms with Crippen molar-refractivity contribution in [2.45, 2.75) is 285 Å². The van der Waals surface area contributed by atoms with Crippen molar-refractivity contribution in [1.82, 2.24) is 0 Å². The first-order chi connectivity index (χ1) is 36.9. The second-order valence-electron chi connectivity index (χ2n) is 20.8. The number of aliphatic hydroxyl groups excluding tert-OH is 11. The minimum absolute atomic E-state index is 0.0341. The second kappa shape index (κ2) is 38.8. The Hall–Kier alpha value is -1.81. The largest absolute Gasteiger partial charge is 0.472 e. The molecule has 0 spiro atoms. The molecule has 24 heteroatoms. The fourth-order valence-corrected chi connectivity index (χ4v) is 10.5. The van der Waals surface area contributed by atoms with E-state index >= 15 is 0 Å². The molecule has 12 N–H and O–H groups in total. The highest BCUT2D eigenvalue weighted by atomic mass is 31.2. The topological polar surface area (TPSA) is 368 Å². The van der Waals surface area contributed by atoms with Gasteiger partial charge in [0.1, 0.15) is 92.1 Å². The zero-order valence-corrected chi connectivity index (χ0v) is 46.4. The van der Waals surface area contributed by atoms with Crippen LogP contribution in [0.3, 0.4) is 0 Å². The van der Waals surface area contributed by atoms with Gasteiger partial charge in [-0.15, -0.1) is 0 Å². The Morgan fingerprint density at radius 3 is 1.29 bits per heavy atom. The molecule has 23 nitrogen and oxygen atoms in total. The van der Waals surface area contributed by atoms with Crippen LogP contribution in [0.25, 0.3) is 0 Å². The number of rotatable bonds is 41. The van der Waals surface area contributed by atoms with Crippen molar-refractivity contribution in [1.29, 1.82) is 0 Å². The summed E-state index contributed by atoms with van der Waals surface area (Å²) in [5.41, 5.74) is 0. The summed E-state index contributed by atoms with van der Waals surface area (Å²) in [6.07, 6.45) is -5.03. The van der Waals surface area contributed by atoms with Crippen LogP contribution in [0.5, 0.6) is 0 Å². The van der Waals surface area contributed by atoms with E-state index in [1.807, 2.05) is 0 Å². The molecule has 16 atom stereocenters. The fourth-order valence-electron chi connectivity index (χ4n) is 9.53. The predicted octanol–water partition coefficient (Wildman–Crippen LogP) is 3.15. The Kier molecular flexibility index (Phi) is 35.0. The van der Waals surface area contributed by atoms with Gasteiger partial charge in [-0.05, 0) is 38.5 Å². The first kappa shape index (κ1) is 69.5. The van der Waals surface area contributed by atoms with Crippen LogP contribution in [0.4, 0.5) is 0 Å². The van der Waals surface area contributed by atoms with Crippen LogP contribution in [-0.4, -0.2) is 204 Å². The average Bonchev–Trinajstić information content (AvgIpc) is 3.43. The van der Waals surface area contributed by atoms with Gasteiger partial charge in [-0.3, -0.25) is 18.6 Å². The van der Waals surface area contributed by atoms with E-state index in [0.717, 1.165) is 83.5 Å². The van der Waals surface area contributed by atoms with E-state index in [0.29, 0.717) is 12.8 Å². The molecule has 2 saturated heterocycles. The highest BCUT2D eigenvalue weighted by Crippen LogP contribution is 2.49. The zero-order valence-electron chi connectivity index (χ0n) is 45.5. The third-order valence-corrected chi connectivity index (χ3v) is 15.3. The number of hydrogen-bond donors (Lipinski definition) is 12. The number of unbranched alkanes of at least 4 members (excludes halogenated alkanes) is 21. The number of aliphatic hydroxyl groups is 11. The molecule has 0 aromatic heterocycles. The fraction of sp³-hybridized carbons (Fsp3) is 0.925. The lowest BCUT2D eigenvalue weighted by Crippen LogP contribution is -2.69. The summed E-state index contributed by atoms with van der Waals surface area (Å²) >= 11 is 0. The molecule has 16 unspecified atom stereocenters. The van der Waals surface area contributed by atoms with Gasteiger partial charge in [0.15, 0.2) is 18.7 Å². The molecule has 0 radical (unpaired) electrons. The maximum Gasteiger partial charge on any atom is 0.472 e. The highest BCUT2D eigenvalue weighted by Gasteiger charge is 2.58. The molecule has 452 valence electrons. The number of phosphoric ester groups is 1. The number of phosphoric acid groups is 1. The molecule has 1 aliphatic carbocycles. The van der Waals surface area contributed by atoms with Crippen LogP contribution >= 0.6 is 7.82 Å². The van der Waals surface area contributed by atoms with E-state index in [9.17, 15) is 75.2 Å². The SMILES string of the molecule is CCCCCCC=CCCCCCCCCCC(=O)OC(COC(=O)CCCCCCCCCCCCC)COP(=O)(O)OC1C(OC2OC(CO)C(O)C(O)C2O)C(O)C(O)C(O)C1OC1OC(CO)C(O)C(O)C1O. The smallest absolute Gasteiger partial charge is 0.462 e. The third-order valence-electron chi connectivity index (χ3n) is 14.3. The van der Waals surface area contributed by atoms with Crippen molar-refractivity contribution in [3.05, 3.63) is 12.2 Å². The van der Waals surface area contributed by atoms with Gasteiger partial charge in [0.2, 0.25) is 0 Å². The van der Waals surface area contributed by atoms with Gasteiger partial charge in [0, 0.05) is 12.8 Å². The van der Waals surface area contributed by atoms with Gasteiger partial charge in [-0.2, -0.15) is 0 Å². The molecule has 2 aliphatic heterocycles. The highest BCUT2D eigenvalue weighted by molar-refractivity contribution is 7.47. The van der Waals surface area contributed by atoms with Gasteiger partial charge < -0.3 is 89.5 Å². The minimum Gasteiger partial charge on any atom is -0.462 e. The number of esters is 2. The Balaban J connectivity index is 1.72. The summed E-state index contributed by atoms with van der Waals surface area (Å²) in [4.78, 5) is 37.4. The molecule has 0 aromatic rings. The van der Waals surface area contributed by atoms with E-state index < -0.39 is 150 Å². The summed E-state index contributed by atoms with van der Waals surface area (Å²) in [7, 11) is -5.63. The normalized spacial score (nSPS) is 32.0. The molecule has 3 aliphatic rings. The van der Waals surface area contributed by atoms with Gasteiger partial charge in [-0.25, -0.2) is 4.57 Å². The van der Waals surface area contributed by atoms with Crippen LogP contribution < -0.4 is 0 Å². The van der Waals surface area contributed by atoms with Gasteiger partial charge in [0.05, 0.1) is 19.8 Å². The number of hydrogen-bond acceptors (Lipinski definition) is 22. The van der Waals surface area contributed by atoms with E-state index in [-0.39, 0.29) is 12.8 Å². The predicted molar refractivity (Wildman–Crippen MR) is 277 cm³/mol. The standard InChI is InChI=1S/C53H97O23P/c1-3-5-7-9-11-13-15-16-17-18-20-22-24-26-28-30-39(57)71-35(33-69-38(56)29-27-25-23-21-19-14-12-10-8-6-4-2)34-70-77(67,68)76-51-49(74-52-47(65)42(60)40(58)36(31-54)72-52)45(63)44(62)46(64)50(51)75-53-48(66)43(61)41(59)37(32-55)73-53/h13,15,35-37,40-55,58-66H,3-12,14,16-34H2,1-2H3,(H,67,68). The molecular formula is C53H97O23P. The molecule has 77 heavy (non-hydrogen) atoms. The second-order valence-corrected chi connectivity index (χ2v) is 22.2. The molecule has 2 heterocycles. The monoisotopic (exact) mass is 1130 g/mol. The maximum atomic E-state index is 14.0. The van der Waals surface area contributed by atoms with Crippen molar-refractivity contribution >= 4 is 19.8 Å². The average molecular weight is 1130 g/mol. The molecule has 3 rings (SSSR count). The van der Waals surface area contributed by atoms with Gasteiger partial charge in [0.25, 0.3) is 0 Å². The van der Waals surface area contributed by atoms with E-state index in [2.05, 4.69) is 26.0 Å². The zero-order chi connectivity index (χ0) is 56.8. The van der Waals surface area contributed by atoms with Crippen LogP contribution in [0, 0.1) is 0 Å². The Morgan fingerprint density at radius 2 is 0.857 bits per heavy atom. The van der Waals surface area contributed by atoms with Crippen molar-refractivity contribution in [3.63, 3.8) is 0 Å². The van der Waals surface area contributed by atoms with Gasteiger partial charge >= 0.3 is 19.8 Å².